The minimum absolute atomic E-state index is 0.0219. The molecule has 1 unspecified atom stereocenters. The Morgan fingerprint density at radius 2 is 2.17 bits per heavy atom. The van der Waals surface area contributed by atoms with Crippen molar-refractivity contribution in [2.45, 2.75) is 31.7 Å². The number of hydrogen-bond donors (Lipinski definition) is 1. The number of piperidine rings is 1. The van der Waals surface area contributed by atoms with Crippen LogP contribution in [0.5, 0.6) is 0 Å². The Bertz CT molecular complexity index is 941. The average Bonchev–Trinajstić information content (AvgIpc) is 3.44. The van der Waals surface area contributed by atoms with Gasteiger partial charge < -0.3 is 9.84 Å². The number of nitrogens with one attached hydrogen (secondary N) is 1. The lowest BCUT2D eigenvalue weighted by molar-refractivity contribution is -0.122. The zero-order valence-electron chi connectivity index (χ0n) is 16.7. The summed E-state index contributed by atoms with van der Waals surface area (Å²) in [5.41, 5.74) is 0.716. The zero-order chi connectivity index (χ0) is 20.8. The summed E-state index contributed by atoms with van der Waals surface area (Å²) in [6, 6.07) is 7.90. The Labute approximate surface area is 174 Å². The molecule has 3 aromatic rings. The fraction of sp³-hybridized carbons (Fsp3) is 0.429. The largest absolute Gasteiger partial charge is 0.355 e. The lowest BCUT2D eigenvalue weighted by atomic mass is 9.98. The van der Waals surface area contributed by atoms with E-state index in [1.165, 1.54) is 12.1 Å². The standard InChI is InChI=1S/C21H25FN6O2/c22-18-7-5-16(6-8-18)20-25-21(30-26-20)17-4-1-11-27(14-17)15-19(29)23-9-2-12-28-13-3-10-24-28/h3,5-8,10,13,17H,1-2,4,9,11-12,14-15H2,(H,23,29). The molecule has 158 valence electrons. The number of likely N-dealkylation sites (tertiary alicyclic amines) is 1. The highest BCUT2D eigenvalue weighted by Gasteiger charge is 2.27. The topological polar surface area (TPSA) is 89.1 Å². The van der Waals surface area contributed by atoms with E-state index in [2.05, 4.69) is 25.5 Å². The highest BCUT2D eigenvalue weighted by Crippen LogP contribution is 2.27. The summed E-state index contributed by atoms with van der Waals surface area (Å²) in [6.45, 7) is 3.34. The lowest BCUT2D eigenvalue weighted by Gasteiger charge is -2.30. The molecule has 8 nitrogen and oxygen atoms in total. The molecule has 0 aliphatic carbocycles. The van der Waals surface area contributed by atoms with E-state index in [-0.39, 0.29) is 17.6 Å². The number of aryl methyl sites for hydroxylation is 1. The van der Waals surface area contributed by atoms with Gasteiger partial charge in [0.1, 0.15) is 5.82 Å². The van der Waals surface area contributed by atoms with Gasteiger partial charge in [0.25, 0.3) is 0 Å². The first kappa shape index (κ1) is 20.2. The molecule has 30 heavy (non-hydrogen) atoms. The monoisotopic (exact) mass is 412 g/mol. The van der Waals surface area contributed by atoms with Crippen LogP contribution in [0.2, 0.25) is 0 Å². The summed E-state index contributed by atoms with van der Waals surface area (Å²) in [5, 5.41) is 11.2. The van der Waals surface area contributed by atoms with Crippen LogP contribution in [0.15, 0.2) is 47.2 Å². The predicted octanol–water partition coefficient (Wildman–Crippen LogP) is 2.46. The molecule has 1 aliphatic heterocycles. The minimum atomic E-state index is -0.301. The summed E-state index contributed by atoms with van der Waals surface area (Å²) >= 11 is 0. The van der Waals surface area contributed by atoms with E-state index in [9.17, 15) is 9.18 Å². The minimum Gasteiger partial charge on any atom is -0.355 e. The van der Waals surface area contributed by atoms with Crippen molar-refractivity contribution in [3.05, 3.63) is 54.4 Å². The van der Waals surface area contributed by atoms with Gasteiger partial charge in [0.2, 0.25) is 17.6 Å². The quantitative estimate of drug-likeness (QED) is 0.572. The maximum atomic E-state index is 13.1. The number of amides is 1. The molecular weight excluding hydrogens is 387 g/mol. The molecule has 1 amide bonds. The molecule has 1 N–H and O–H groups in total. The summed E-state index contributed by atoms with van der Waals surface area (Å²) in [7, 11) is 0. The van der Waals surface area contributed by atoms with Gasteiger partial charge in [-0.3, -0.25) is 14.4 Å². The molecule has 2 aromatic heterocycles. The first-order valence-corrected chi connectivity index (χ1v) is 10.2. The third-order valence-corrected chi connectivity index (χ3v) is 5.21. The molecule has 1 atom stereocenters. The summed E-state index contributed by atoms with van der Waals surface area (Å²) < 4.78 is 20.4. The highest BCUT2D eigenvalue weighted by molar-refractivity contribution is 5.78. The van der Waals surface area contributed by atoms with Crippen LogP contribution in [0.1, 0.15) is 31.1 Å². The second-order valence-corrected chi connectivity index (χ2v) is 7.51. The van der Waals surface area contributed by atoms with Crippen LogP contribution in [-0.2, 0) is 11.3 Å². The molecule has 0 spiro atoms. The average molecular weight is 412 g/mol. The van der Waals surface area contributed by atoms with Gasteiger partial charge in [0, 0.05) is 37.6 Å². The van der Waals surface area contributed by atoms with Crippen molar-refractivity contribution in [3.8, 4) is 11.4 Å². The van der Waals surface area contributed by atoms with E-state index in [0.29, 0.717) is 36.9 Å². The fourth-order valence-corrected chi connectivity index (χ4v) is 3.68. The highest BCUT2D eigenvalue weighted by atomic mass is 19.1. The van der Waals surface area contributed by atoms with Crippen molar-refractivity contribution < 1.29 is 13.7 Å². The molecule has 1 saturated heterocycles. The van der Waals surface area contributed by atoms with Crippen molar-refractivity contribution >= 4 is 5.91 Å². The first-order chi connectivity index (χ1) is 14.7. The van der Waals surface area contributed by atoms with Crippen molar-refractivity contribution in [2.75, 3.05) is 26.2 Å². The van der Waals surface area contributed by atoms with Crippen LogP contribution in [0.3, 0.4) is 0 Å². The number of carbonyl (C=O) groups is 1. The van der Waals surface area contributed by atoms with Gasteiger partial charge in [-0.2, -0.15) is 10.1 Å². The van der Waals surface area contributed by atoms with E-state index in [4.69, 9.17) is 4.52 Å². The Kier molecular flexibility index (Phi) is 6.48. The van der Waals surface area contributed by atoms with E-state index in [0.717, 1.165) is 32.4 Å². The third kappa shape index (κ3) is 5.29. The molecule has 4 rings (SSSR count). The predicted molar refractivity (Wildman–Crippen MR) is 108 cm³/mol. The lowest BCUT2D eigenvalue weighted by Crippen LogP contribution is -2.42. The molecule has 9 heteroatoms. The number of hydrogen-bond acceptors (Lipinski definition) is 6. The van der Waals surface area contributed by atoms with Crippen LogP contribution in [0, 0.1) is 5.82 Å². The number of carbonyl (C=O) groups excluding carboxylic acids is 1. The molecular formula is C21H25FN6O2. The van der Waals surface area contributed by atoms with Gasteiger partial charge in [-0.1, -0.05) is 5.16 Å². The molecule has 1 fully saturated rings. The molecule has 0 radical (unpaired) electrons. The molecule has 0 saturated carbocycles. The van der Waals surface area contributed by atoms with Gasteiger partial charge in [-0.05, 0) is 56.1 Å². The Balaban J connectivity index is 1.25. The Morgan fingerprint density at radius 3 is 2.97 bits per heavy atom. The van der Waals surface area contributed by atoms with Crippen LogP contribution in [-0.4, -0.2) is 56.9 Å². The number of aromatic nitrogens is 4. The summed E-state index contributed by atoms with van der Waals surface area (Å²) in [5.74, 6) is 0.836. The van der Waals surface area contributed by atoms with Crippen LogP contribution < -0.4 is 5.32 Å². The molecule has 3 heterocycles. The van der Waals surface area contributed by atoms with Gasteiger partial charge in [0.05, 0.1) is 12.5 Å². The Hall–Kier alpha value is -3.07. The van der Waals surface area contributed by atoms with Crippen LogP contribution in [0.25, 0.3) is 11.4 Å². The van der Waals surface area contributed by atoms with Gasteiger partial charge in [-0.25, -0.2) is 4.39 Å². The smallest absolute Gasteiger partial charge is 0.234 e. The van der Waals surface area contributed by atoms with E-state index in [1.807, 2.05) is 16.9 Å². The van der Waals surface area contributed by atoms with Crippen molar-refractivity contribution in [3.63, 3.8) is 0 Å². The number of benzene rings is 1. The van der Waals surface area contributed by atoms with Crippen molar-refractivity contribution in [1.29, 1.82) is 0 Å². The second kappa shape index (κ2) is 9.62. The first-order valence-electron chi connectivity index (χ1n) is 10.2. The fourth-order valence-electron chi connectivity index (χ4n) is 3.68. The third-order valence-electron chi connectivity index (χ3n) is 5.21. The molecule has 1 aliphatic rings. The van der Waals surface area contributed by atoms with Gasteiger partial charge >= 0.3 is 0 Å². The number of rotatable bonds is 8. The van der Waals surface area contributed by atoms with Crippen molar-refractivity contribution in [2.24, 2.45) is 0 Å². The maximum Gasteiger partial charge on any atom is 0.234 e. The SMILES string of the molecule is O=C(CN1CCCC(c2nc(-c3ccc(F)cc3)no2)C1)NCCCn1cccn1. The zero-order valence-corrected chi connectivity index (χ0v) is 16.7. The van der Waals surface area contributed by atoms with Crippen LogP contribution >= 0.6 is 0 Å². The molecule has 1 aromatic carbocycles. The second-order valence-electron chi connectivity index (χ2n) is 7.51. The summed E-state index contributed by atoms with van der Waals surface area (Å²) in [6.07, 6.45) is 6.40. The van der Waals surface area contributed by atoms with Gasteiger partial charge in [-0.15, -0.1) is 0 Å². The van der Waals surface area contributed by atoms with E-state index < -0.39 is 0 Å². The number of nitrogens with zero attached hydrogens (tertiary/aromatic N) is 5. The van der Waals surface area contributed by atoms with Crippen LogP contribution in [0.4, 0.5) is 4.39 Å². The Morgan fingerprint density at radius 1 is 1.30 bits per heavy atom. The maximum absolute atomic E-state index is 13.1. The van der Waals surface area contributed by atoms with Crippen molar-refractivity contribution in [1.82, 2.24) is 30.1 Å². The number of halogens is 1. The summed E-state index contributed by atoms with van der Waals surface area (Å²) in [4.78, 5) is 18.9. The normalized spacial score (nSPS) is 17.2. The van der Waals surface area contributed by atoms with Gasteiger partial charge in [0.15, 0.2) is 0 Å². The van der Waals surface area contributed by atoms with E-state index in [1.54, 1.807) is 18.3 Å². The van der Waals surface area contributed by atoms with E-state index >= 15 is 0 Å². The molecule has 0 bridgehead atoms.